The standard InChI is InChI=1S/C20H22O5/c1-4-24-19-8-6-5-7-15(19)9-12-20(21)25-14-16-13-17(22-2)10-11-18(16)23-3/h5-13H,4,14H2,1-3H3/b12-9+. The first-order valence-electron chi connectivity index (χ1n) is 7.95. The van der Waals surface area contributed by atoms with Gasteiger partial charge in [0.25, 0.3) is 0 Å². The largest absolute Gasteiger partial charge is 0.497 e. The number of hydrogen-bond donors (Lipinski definition) is 0. The van der Waals surface area contributed by atoms with Crippen LogP contribution in [0.5, 0.6) is 17.2 Å². The van der Waals surface area contributed by atoms with Gasteiger partial charge in [-0.3, -0.25) is 0 Å². The molecule has 0 heterocycles. The van der Waals surface area contributed by atoms with E-state index in [2.05, 4.69) is 0 Å². The number of esters is 1. The van der Waals surface area contributed by atoms with Crippen LogP contribution < -0.4 is 14.2 Å². The van der Waals surface area contributed by atoms with Crippen molar-refractivity contribution in [2.45, 2.75) is 13.5 Å². The van der Waals surface area contributed by atoms with Crippen LogP contribution >= 0.6 is 0 Å². The maximum Gasteiger partial charge on any atom is 0.331 e. The Balaban J connectivity index is 2.02. The molecule has 0 bridgehead atoms. The van der Waals surface area contributed by atoms with Gasteiger partial charge in [0.2, 0.25) is 0 Å². The maximum atomic E-state index is 12.0. The van der Waals surface area contributed by atoms with Gasteiger partial charge in [-0.25, -0.2) is 4.79 Å². The quantitative estimate of drug-likeness (QED) is 0.539. The van der Waals surface area contributed by atoms with Gasteiger partial charge in [-0.05, 0) is 37.3 Å². The van der Waals surface area contributed by atoms with Gasteiger partial charge >= 0.3 is 5.97 Å². The summed E-state index contributed by atoms with van der Waals surface area (Å²) in [4.78, 5) is 12.0. The van der Waals surface area contributed by atoms with E-state index in [1.54, 1.807) is 38.5 Å². The molecular formula is C20H22O5. The minimum absolute atomic E-state index is 0.0939. The molecule has 0 saturated heterocycles. The number of benzene rings is 2. The Kier molecular flexibility index (Phi) is 6.89. The van der Waals surface area contributed by atoms with Crippen LogP contribution in [0.25, 0.3) is 6.08 Å². The number of methoxy groups -OCH3 is 2. The van der Waals surface area contributed by atoms with E-state index in [0.29, 0.717) is 18.1 Å². The summed E-state index contributed by atoms with van der Waals surface area (Å²) in [5.41, 5.74) is 1.55. The second-order valence-corrected chi connectivity index (χ2v) is 5.09. The lowest BCUT2D eigenvalue weighted by Crippen LogP contribution is -2.03. The van der Waals surface area contributed by atoms with Crippen LogP contribution in [0.4, 0.5) is 0 Å². The van der Waals surface area contributed by atoms with Crippen molar-refractivity contribution in [2.24, 2.45) is 0 Å². The highest BCUT2D eigenvalue weighted by Crippen LogP contribution is 2.25. The molecule has 25 heavy (non-hydrogen) atoms. The van der Waals surface area contributed by atoms with Gasteiger partial charge < -0.3 is 18.9 Å². The van der Waals surface area contributed by atoms with Crippen LogP contribution in [0.1, 0.15) is 18.1 Å². The summed E-state index contributed by atoms with van der Waals surface area (Å²) in [5, 5.41) is 0. The van der Waals surface area contributed by atoms with Crippen LogP contribution in [-0.4, -0.2) is 26.8 Å². The molecule has 0 fully saturated rings. The predicted octanol–water partition coefficient (Wildman–Crippen LogP) is 3.86. The van der Waals surface area contributed by atoms with Crippen LogP contribution in [0.2, 0.25) is 0 Å². The first kappa shape index (κ1) is 18.4. The molecule has 5 nitrogen and oxygen atoms in total. The fourth-order valence-corrected chi connectivity index (χ4v) is 2.25. The Bertz CT molecular complexity index is 737. The minimum Gasteiger partial charge on any atom is -0.497 e. The Morgan fingerprint density at radius 3 is 2.56 bits per heavy atom. The van der Waals surface area contributed by atoms with Crippen molar-refractivity contribution in [2.75, 3.05) is 20.8 Å². The molecule has 0 atom stereocenters. The molecule has 132 valence electrons. The average molecular weight is 342 g/mol. The fraction of sp³-hybridized carbons (Fsp3) is 0.250. The van der Waals surface area contributed by atoms with Crippen LogP contribution in [0.15, 0.2) is 48.5 Å². The lowest BCUT2D eigenvalue weighted by Gasteiger charge is -2.10. The molecule has 0 amide bonds. The zero-order valence-corrected chi connectivity index (χ0v) is 14.7. The van der Waals surface area contributed by atoms with Crippen LogP contribution in [0.3, 0.4) is 0 Å². The van der Waals surface area contributed by atoms with E-state index in [1.807, 2.05) is 31.2 Å². The van der Waals surface area contributed by atoms with Gasteiger partial charge in [-0.2, -0.15) is 0 Å². The molecule has 0 N–H and O–H groups in total. The molecule has 0 radical (unpaired) electrons. The summed E-state index contributed by atoms with van der Waals surface area (Å²) in [6.45, 7) is 2.57. The Morgan fingerprint density at radius 2 is 1.84 bits per heavy atom. The molecule has 0 unspecified atom stereocenters. The Hall–Kier alpha value is -2.95. The lowest BCUT2D eigenvalue weighted by atomic mass is 10.2. The van der Waals surface area contributed by atoms with Gasteiger partial charge in [0.05, 0.1) is 20.8 Å². The molecule has 2 rings (SSSR count). The van der Waals surface area contributed by atoms with Gasteiger partial charge in [-0.1, -0.05) is 18.2 Å². The third-order valence-corrected chi connectivity index (χ3v) is 3.48. The average Bonchev–Trinajstić information content (AvgIpc) is 2.65. The monoisotopic (exact) mass is 342 g/mol. The van der Waals surface area contributed by atoms with Crippen molar-refractivity contribution in [1.82, 2.24) is 0 Å². The summed E-state index contributed by atoms with van der Waals surface area (Å²) >= 11 is 0. The summed E-state index contributed by atoms with van der Waals surface area (Å²) in [6.07, 6.45) is 3.06. The summed E-state index contributed by atoms with van der Waals surface area (Å²) < 4.78 is 21.3. The smallest absolute Gasteiger partial charge is 0.331 e. The number of ether oxygens (including phenoxy) is 4. The highest BCUT2D eigenvalue weighted by atomic mass is 16.5. The maximum absolute atomic E-state index is 12.0. The van der Waals surface area contributed by atoms with E-state index in [9.17, 15) is 4.79 Å². The predicted molar refractivity (Wildman–Crippen MR) is 96.0 cm³/mol. The second kappa shape index (κ2) is 9.37. The highest BCUT2D eigenvalue weighted by Gasteiger charge is 2.08. The third kappa shape index (κ3) is 5.28. The molecule has 0 saturated carbocycles. The van der Waals surface area contributed by atoms with Crippen LogP contribution in [-0.2, 0) is 16.1 Å². The van der Waals surface area contributed by atoms with Gasteiger partial charge in [0.1, 0.15) is 23.9 Å². The van der Waals surface area contributed by atoms with Crippen molar-refractivity contribution >= 4 is 12.0 Å². The zero-order chi connectivity index (χ0) is 18.1. The molecule has 0 aliphatic heterocycles. The van der Waals surface area contributed by atoms with Crippen LogP contribution in [0, 0.1) is 0 Å². The second-order valence-electron chi connectivity index (χ2n) is 5.09. The number of carbonyl (C=O) groups excluding carboxylic acids is 1. The summed E-state index contributed by atoms with van der Waals surface area (Å²) in [5.74, 6) is 1.59. The Labute approximate surface area is 147 Å². The summed E-state index contributed by atoms with van der Waals surface area (Å²) in [6, 6.07) is 12.8. The lowest BCUT2D eigenvalue weighted by molar-refractivity contribution is -0.138. The zero-order valence-electron chi connectivity index (χ0n) is 14.7. The Morgan fingerprint density at radius 1 is 1.04 bits per heavy atom. The SMILES string of the molecule is CCOc1ccccc1/C=C/C(=O)OCc1cc(OC)ccc1OC. The van der Waals surface area contributed by atoms with E-state index in [1.165, 1.54) is 6.08 Å². The van der Waals surface area contributed by atoms with Crippen molar-refractivity contribution in [1.29, 1.82) is 0 Å². The molecule has 0 aromatic heterocycles. The third-order valence-electron chi connectivity index (χ3n) is 3.48. The van der Waals surface area contributed by atoms with E-state index in [0.717, 1.165) is 16.9 Å². The molecule has 0 spiro atoms. The van der Waals surface area contributed by atoms with E-state index >= 15 is 0 Å². The van der Waals surface area contributed by atoms with Crippen molar-refractivity contribution in [3.8, 4) is 17.2 Å². The molecular weight excluding hydrogens is 320 g/mol. The van der Waals surface area contributed by atoms with E-state index in [-0.39, 0.29) is 6.61 Å². The van der Waals surface area contributed by atoms with Crippen molar-refractivity contribution < 1.29 is 23.7 Å². The van der Waals surface area contributed by atoms with Gasteiger partial charge in [0.15, 0.2) is 0 Å². The minimum atomic E-state index is -0.448. The molecule has 2 aromatic rings. The molecule has 0 aliphatic carbocycles. The van der Waals surface area contributed by atoms with E-state index in [4.69, 9.17) is 18.9 Å². The normalized spacial score (nSPS) is 10.5. The number of hydrogen-bond acceptors (Lipinski definition) is 5. The molecule has 0 aliphatic rings. The number of para-hydroxylation sites is 1. The number of rotatable bonds is 8. The topological polar surface area (TPSA) is 54.0 Å². The van der Waals surface area contributed by atoms with Gasteiger partial charge in [0, 0.05) is 17.2 Å². The van der Waals surface area contributed by atoms with E-state index < -0.39 is 5.97 Å². The van der Waals surface area contributed by atoms with Crippen molar-refractivity contribution in [3.05, 3.63) is 59.7 Å². The number of carbonyl (C=O) groups is 1. The van der Waals surface area contributed by atoms with Gasteiger partial charge in [-0.15, -0.1) is 0 Å². The summed E-state index contributed by atoms with van der Waals surface area (Å²) in [7, 11) is 3.15. The van der Waals surface area contributed by atoms with Crippen molar-refractivity contribution in [3.63, 3.8) is 0 Å². The first-order valence-corrected chi connectivity index (χ1v) is 7.95. The highest BCUT2D eigenvalue weighted by molar-refractivity contribution is 5.87. The molecule has 2 aromatic carbocycles. The first-order chi connectivity index (χ1) is 12.2. The molecule has 5 heteroatoms. The fourth-order valence-electron chi connectivity index (χ4n) is 2.25.